The van der Waals surface area contributed by atoms with Gasteiger partial charge in [0.1, 0.15) is 5.60 Å². The molecule has 7 heteroatoms. The second-order valence-electron chi connectivity index (χ2n) is 4.71. The van der Waals surface area contributed by atoms with E-state index in [-0.39, 0.29) is 12.5 Å². The van der Waals surface area contributed by atoms with Crippen LogP contribution in [0.15, 0.2) is 18.2 Å². The number of hydrogen-bond donors (Lipinski definition) is 0. The molecule has 1 fully saturated rings. The fourth-order valence-corrected chi connectivity index (χ4v) is 1.94. The van der Waals surface area contributed by atoms with Crippen molar-refractivity contribution in [1.82, 2.24) is 0 Å². The largest absolute Gasteiger partial charge is 0.364 e. The highest BCUT2D eigenvalue weighted by atomic mass is 19.1. The van der Waals surface area contributed by atoms with Crippen LogP contribution in [0.2, 0.25) is 0 Å². The number of morpholine rings is 1. The molecule has 19 heavy (non-hydrogen) atoms. The molecule has 1 aromatic rings. The topological polar surface area (TPSA) is 72.7 Å². The summed E-state index contributed by atoms with van der Waals surface area (Å²) >= 11 is 0. The van der Waals surface area contributed by atoms with Gasteiger partial charge in [0, 0.05) is 12.6 Å². The summed E-state index contributed by atoms with van der Waals surface area (Å²) in [5.41, 5.74) is -1.33. The number of rotatable bonds is 2. The minimum absolute atomic E-state index is 0.283. The van der Waals surface area contributed by atoms with Crippen molar-refractivity contribution in [2.75, 3.05) is 18.1 Å². The van der Waals surface area contributed by atoms with E-state index in [0.717, 1.165) is 12.1 Å². The number of nitro benzene ring substituents is 1. The summed E-state index contributed by atoms with van der Waals surface area (Å²) in [6, 6.07) is 3.40. The van der Waals surface area contributed by atoms with Crippen molar-refractivity contribution >= 4 is 17.3 Å². The summed E-state index contributed by atoms with van der Waals surface area (Å²) in [5, 5.41) is 10.7. The third-order valence-corrected chi connectivity index (χ3v) is 2.98. The van der Waals surface area contributed by atoms with E-state index in [1.54, 1.807) is 13.8 Å². The van der Waals surface area contributed by atoms with Crippen molar-refractivity contribution in [1.29, 1.82) is 0 Å². The zero-order valence-corrected chi connectivity index (χ0v) is 10.6. The van der Waals surface area contributed by atoms with Gasteiger partial charge in [-0.05, 0) is 26.0 Å². The molecular formula is C12H13FN2O4. The molecule has 0 aromatic heterocycles. The Kier molecular flexibility index (Phi) is 3.23. The lowest BCUT2D eigenvalue weighted by molar-refractivity contribution is -0.387. The van der Waals surface area contributed by atoms with Crippen molar-refractivity contribution in [3.05, 3.63) is 34.1 Å². The highest BCUT2D eigenvalue weighted by molar-refractivity contribution is 5.99. The fraction of sp³-hybridized carbons (Fsp3) is 0.417. The molecule has 0 saturated carbocycles. The number of hydrogen-bond acceptors (Lipinski definition) is 4. The number of ether oxygens (including phenoxy) is 1. The number of benzene rings is 1. The van der Waals surface area contributed by atoms with Gasteiger partial charge >= 0.3 is 5.69 Å². The Morgan fingerprint density at radius 3 is 2.79 bits per heavy atom. The van der Waals surface area contributed by atoms with Gasteiger partial charge in [-0.15, -0.1) is 0 Å². The van der Waals surface area contributed by atoms with Crippen LogP contribution in [-0.4, -0.2) is 29.6 Å². The molecule has 6 nitrogen and oxygen atoms in total. The van der Waals surface area contributed by atoms with Gasteiger partial charge in [0.15, 0.2) is 0 Å². The Hall–Kier alpha value is -2.02. The molecule has 0 aliphatic carbocycles. The predicted molar refractivity (Wildman–Crippen MR) is 65.4 cm³/mol. The van der Waals surface area contributed by atoms with Crippen LogP contribution < -0.4 is 4.90 Å². The van der Waals surface area contributed by atoms with Crippen LogP contribution in [0.5, 0.6) is 0 Å². The molecule has 0 radical (unpaired) electrons. The Balaban J connectivity index is 2.39. The summed E-state index contributed by atoms with van der Waals surface area (Å²) < 4.78 is 18.6. The lowest BCUT2D eigenvalue weighted by Crippen LogP contribution is -2.53. The second-order valence-corrected chi connectivity index (χ2v) is 4.71. The van der Waals surface area contributed by atoms with Gasteiger partial charge in [-0.3, -0.25) is 14.9 Å². The van der Waals surface area contributed by atoms with E-state index < -0.39 is 22.0 Å². The van der Waals surface area contributed by atoms with Crippen LogP contribution in [0.25, 0.3) is 0 Å². The van der Waals surface area contributed by atoms with Crippen molar-refractivity contribution < 1.29 is 18.8 Å². The Labute approximate surface area is 108 Å². The molecule has 0 bridgehead atoms. The SMILES string of the molecule is CC1(C)OCCN(c2ccc(F)c([N+](=O)[O-])c2)C1=O. The Morgan fingerprint density at radius 2 is 2.16 bits per heavy atom. The molecule has 1 heterocycles. The maximum atomic E-state index is 13.3. The van der Waals surface area contributed by atoms with Gasteiger partial charge in [-0.2, -0.15) is 4.39 Å². The molecule has 102 valence electrons. The molecule has 1 amide bonds. The lowest BCUT2D eigenvalue weighted by atomic mass is 10.1. The quantitative estimate of drug-likeness (QED) is 0.606. The summed E-state index contributed by atoms with van der Waals surface area (Å²) in [5.74, 6) is -1.23. The molecular weight excluding hydrogens is 255 g/mol. The number of anilines is 1. The third kappa shape index (κ3) is 2.41. The summed E-state index contributed by atoms with van der Waals surface area (Å²) in [4.78, 5) is 23.4. The van der Waals surface area contributed by atoms with Crippen molar-refractivity contribution in [2.24, 2.45) is 0 Å². The number of carbonyl (C=O) groups is 1. The minimum atomic E-state index is -0.985. The van der Waals surface area contributed by atoms with Gasteiger partial charge in [-0.1, -0.05) is 0 Å². The first-order chi connectivity index (χ1) is 8.83. The van der Waals surface area contributed by atoms with Crippen LogP contribution in [0, 0.1) is 15.9 Å². The van der Waals surface area contributed by atoms with Crippen LogP contribution in [-0.2, 0) is 9.53 Å². The normalized spacial score (nSPS) is 18.5. The molecule has 1 saturated heterocycles. The van der Waals surface area contributed by atoms with Gasteiger partial charge in [-0.25, -0.2) is 0 Å². The molecule has 1 aromatic carbocycles. The first-order valence-electron chi connectivity index (χ1n) is 5.73. The molecule has 1 aliphatic heterocycles. The predicted octanol–water partition coefficient (Wildman–Crippen LogP) is 1.88. The average molecular weight is 268 g/mol. The zero-order valence-electron chi connectivity index (χ0n) is 10.6. The van der Waals surface area contributed by atoms with Crippen LogP contribution >= 0.6 is 0 Å². The van der Waals surface area contributed by atoms with E-state index in [4.69, 9.17) is 4.74 Å². The first-order valence-corrected chi connectivity index (χ1v) is 5.73. The third-order valence-electron chi connectivity index (χ3n) is 2.98. The van der Waals surface area contributed by atoms with Gasteiger partial charge in [0.05, 0.1) is 17.2 Å². The molecule has 2 rings (SSSR count). The van der Waals surface area contributed by atoms with E-state index in [1.165, 1.54) is 11.0 Å². The number of halogens is 1. The van der Waals surface area contributed by atoms with Crippen molar-refractivity contribution in [3.63, 3.8) is 0 Å². The van der Waals surface area contributed by atoms with Crippen molar-refractivity contribution in [2.45, 2.75) is 19.4 Å². The highest BCUT2D eigenvalue weighted by Crippen LogP contribution is 2.28. The molecule has 1 aliphatic rings. The Bertz CT molecular complexity index is 545. The average Bonchev–Trinajstić information content (AvgIpc) is 2.33. The van der Waals surface area contributed by atoms with Gasteiger partial charge in [0.2, 0.25) is 5.82 Å². The Morgan fingerprint density at radius 1 is 1.47 bits per heavy atom. The van der Waals surface area contributed by atoms with E-state index in [2.05, 4.69) is 0 Å². The maximum Gasteiger partial charge on any atom is 0.306 e. The van der Waals surface area contributed by atoms with E-state index in [9.17, 15) is 19.3 Å². The van der Waals surface area contributed by atoms with Crippen LogP contribution in [0.3, 0.4) is 0 Å². The summed E-state index contributed by atoms with van der Waals surface area (Å²) in [6.07, 6.45) is 0. The number of carbonyl (C=O) groups excluding carboxylic acids is 1. The smallest absolute Gasteiger partial charge is 0.306 e. The van der Waals surface area contributed by atoms with Crippen LogP contribution in [0.1, 0.15) is 13.8 Å². The monoisotopic (exact) mass is 268 g/mol. The minimum Gasteiger partial charge on any atom is -0.364 e. The second kappa shape index (κ2) is 4.58. The maximum absolute atomic E-state index is 13.3. The highest BCUT2D eigenvalue weighted by Gasteiger charge is 2.38. The molecule has 0 spiro atoms. The number of nitro groups is 1. The molecule has 0 N–H and O–H groups in total. The molecule has 0 atom stereocenters. The van der Waals surface area contributed by atoms with E-state index >= 15 is 0 Å². The lowest BCUT2D eigenvalue weighted by Gasteiger charge is -2.37. The van der Waals surface area contributed by atoms with Gasteiger partial charge < -0.3 is 9.64 Å². The standard InChI is InChI=1S/C12H13FN2O4/c1-12(2)11(16)14(5-6-19-12)8-3-4-9(13)10(7-8)15(17)18/h3-4,7H,5-6H2,1-2H3. The number of nitrogens with zero attached hydrogens (tertiary/aromatic N) is 2. The van der Waals surface area contributed by atoms with Crippen LogP contribution in [0.4, 0.5) is 15.8 Å². The zero-order chi connectivity index (χ0) is 14.2. The van der Waals surface area contributed by atoms with E-state index in [0.29, 0.717) is 12.3 Å². The fourth-order valence-electron chi connectivity index (χ4n) is 1.94. The summed E-state index contributed by atoms with van der Waals surface area (Å²) in [6.45, 7) is 3.85. The summed E-state index contributed by atoms with van der Waals surface area (Å²) in [7, 11) is 0. The first kappa shape index (κ1) is 13.4. The number of amides is 1. The molecule has 0 unspecified atom stereocenters. The van der Waals surface area contributed by atoms with Gasteiger partial charge in [0.25, 0.3) is 5.91 Å². The van der Waals surface area contributed by atoms with E-state index in [1.807, 2.05) is 0 Å². The van der Waals surface area contributed by atoms with Crippen molar-refractivity contribution in [3.8, 4) is 0 Å².